The number of benzene rings is 3. The molecule has 0 saturated carbocycles. The van der Waals surface area contributed by atoms with E-state index in [-0.39, 0.29) is 33.4 Å². The third kappa shape index (κ3) is 3.71. The number of ketones is 1. The molecule has 3 aromatic carbocycles. The molecule has 0 spiro atoms. The van der Waals surface area contributed by atoms with Gasteiger partial charge >= 0.3 is 0 Å². The second-order valence-corrected chi connectivity index (χ2v) is 8.27. The predicted octanol–water partition coefficient (Wildman–Crippen LogP) is 3.67. The maximum Gasteiger partial charge on any atom is 0.261 e. The van der Waals surface area contributed by atoms with Crippen molar-refractivity contribution < 1.29 is 24.0 Å². The molecule has 7 nitrogen and oxygen atoms in total. The van der Waals surface area contributed by atoms with Gasteiger partial charge in [-0.3, -0.25) is 33.8 Å². The van der Waals surface area contributed by atoms with Crippen molar-refractivity contribution in [2.75, 3.05) is 14.1 Å². The number of aryl methyl sites for hydroxylation is 2. The van der Waals surface area contributed by atoms with Crippen molar-refractivity contribution in [3.63, 3.8) is 0 Å². The van der Waals surface area contributed by atoms with Crippen LogP contribution in [-0.4, -0.2) is 53.3 Å². The first kappa shape index (κ1) is 22.8. The number of hydrogen-bond donors (Lipinski definition) is 0. The largest absolute Gasteiger partial charge is 0.289 e. The molecule has 0 fully saturated rings. The Morgan fingerprint density at radius 3 is 1.26 bits per heavy atom. The van der Waals surface area contributed by atoms with Gasteiger partial charge in [-0.2, -0.15) is 0 Å². The number of carbonyl (C=O) groups excluding carboxylic acids is 5. The lowest BCUT2D eigenvalue weighted by Gasteiger charge is -2.04. The molecule has 5 rings (SSSR count). The van der Waals surface area contributed by atoms with Crippen LogP contribution in [0.3, 0.4) is 0 Å². The van der Waals surface area contributed by atoms with Gasteiger partial charge < -0.3 is 0 Å². The Morgan fingerprint density at radius 2 is 0.912 bits per heavy atom. The number of hydrogen-bond acceptors (Lipinski definition) is 5. The summed E-state index contributed by atoms with van der Waals surface area (Å²) in [7, 11) is 2.76. The van der Waals surface area contributed by atoms with Crippen LogP contribution in [0.2, 0.25) is 0 Å². The number of fused-ring (bicyclic) bond motifs is 2. The molecule has 4 amide bonds. The van der Waals surface area contributed by atoms with E-state index in [1.54, 1.807) is 0 Å². The summed E-state index contributed by atoms with van der Waals surface area (Å²) >= 11 is 0. The van der Waals surface area contributed by atoms with Crippen LogP contribution >= 0.6 is 0 Å². The van der Waals surface area contributed by atoms with Crippen LogP contribution in [-0.2, 0) is 0 Å². The SMILES string of the molecule is CN1C(=O)c2ccc(C(=O)c3ccc4c(c3)C(=O)N(C)C4=O)cc2C1=O.Cc1ccccc1C. The van der Waals surface area contributed by atoms with Crippen molar-refractivity contribution in [1.29, 1.82) is 0 Å². The van der Waals surface area contributed by atoms with Crippen LogP contribution in [0.5, 0.6) is 0 Å². The molecule has 0 aromatic heterocycles. The van der Waals surface area contributed by atoms with Gasteiger partial charge in [-0.1, -0.05) is 36.4 Å². The standard InChI is InChI=1S/C19H12N2O5.C8H10/c1-20-16(23)11-5-3-9(7-13(11)18(20)25)15(22)10-4-6-12-14(8-10)19(26)21(2)17(12)24;1-7-5-3-4-6-8(7)2/h3-8H,1-2H3;3-6H,1-2H3. The monoisotopic (exact) mass is 454 g/mol. The minimum Gasteiger partial charge on any atom is -0.289 e. The molecule has 0 saturated heterocycles. The first-order chi connectivity index (χ1) is 16.1. The molecule has 2 aliphatic rings. The lowest BCUT2D eigenvalue weighted by Crippen LogP contribution is -2.24. The van der Waals surface area contributed by atoms with Crippen molar-refractivity contribution in [3.05, 3.63) is 105 Å². The Balaban J connectivity index is 0.000000291. The topological polar surface area (TPSA) is 91.8 Å². The van der Waals surface area contributed by atoms with Gasteiger partial charge in [0.15, 0.2) is 5.78 Å². The van der Waals surface area contributed by atoms with E-state index in [1.165, 1.54) is 61.6 Å². The smallest absolute Gasteiger partial charge is 0.261 e. The Hall–Kier alpha value is -4.39. The fourth-order valence-electron chi connectivity index (χ4n) is 3.83. The van der Waals surface area contributed by atoms with Crippen LogP contribution in [0.25, 0.3) is 0 Å². The summed E-state index contributed by atoms with van der Waals surface area (Å²) in [5.41, 5.74) is 4.05. The van der Waals surface area contributed by atoms with Gasteiger partial charge in [0.05, 0.1) is 22.3 Å². The number of carbonyl (C=O) groups is 5. The highest BCUT2D eigenvalue weighted by Crippen LogP contribution is 2.26. The van der Waals surface area contributed by atoms with Gasteiger partial charge in [-0.25, -0.2) is 0 Å². The molecule has 2 aliphatic heterocycles. The van der Waals surface area contributed by atoms with E-state index in [1.807, 2.05) is 0 Å². The Kier molecular flexibility index (Phi) is 5.71. The first-order valence-electron chi connectivity index (χ1n) is 10.6. The van der Waals surface area contributed by atoms with Gasteiger partial charge in [0, 0.05) is 25.2 Å². The molecule has 7 heteroatoms. The zero-order valence-corrected chi connectivity index (χ0v) is 19.2. The number of amides is 4. The van der Waals surface area contributed by atoms with Gasteiger partial charge in [-0.15, -0.1) is 0 Å². The fourth-order valence-corrected chi connectivity index (χ4v) is 3.83. The lowest BCUT2D eigenvalue weighted by molar-refractivity contribution is 0.0678. The summed E-state index contributed by atoms with van der Waals surface area (Å²) < 4.78 is 0. The molecule has 2 heterocycles. The Bertz CT molecular complexity index is 1300. The van der Waals surface area contributed by atoms with E-state index in [0.29, 0.717) is 0 Å². The summed E-state index contributed by atoms with van der Waals surface area (Å²) in [6, 6.07) is 17.0. The summed E-state index contributed by atoms with van der Waals surface area (Å²) in [6.07, 6.45) is 0. The average Bonchev–Trinajstić information content (AvgIpc) is 3.20. The van der Waals surface area contributed by atoms with Gasteiger partial charge in [0.2, 0.25) is 0 Å². The van der Waals surface area contributed by atoms with Crippen molar-refractivity contribution in [2.45, 2.75) is 13.8 Å². The molecule has 0 N–H and O–H groups in total. The maximum atomic E-state index is 12.8. The molecule has 3 aromatic rings. The zero-order chi connectivity index (χ0) is 24.7. The molecule has 170 valence electrons. The third-order valence-corrected chi connectivity index (χ3v) is 6.13. The van der Waals surface area contributed by atoms with E-state index < -0.39 is 29.4 Å². The highest BCUT2D eigenvalue weighted by Gasteiger charge is 2.35. The maximum absolute atomic E-state index is 12.8. The van der Waals surface area contributed by atoms with E-state index in [2.05, 4.69) is 38.1 Å². The average molecular weight is 454 g/mol. The minimum atomic E-state index is -0.462. The lowest BCUT2D eigenvalue weighted by atomic mass is 9.96. The van der Waals surface area contributed by atoms with Gasteiger partial charge in [-0.05, 0) is 49.2 Å². The van der Waals surface area contributed by atoms with Crippen LogP contribution in [0, 0.1) is 13.8 Å². The summed E-state index contributed by atoms with van der Waals surface area (Å²) in [5.74, 6) is -2.14. The zero-order valence-electron chi connectivity index (χ0n) is 19.2. The quantitative estimate of drug-likeness (QED) is 0.435. The summed E-state index contributed by atoms with van der Waals surface area (Å²) in [5, 5.41) is 0. The van der Waals surface area contributed by atoms with Crippen molar-refractivity contribution in [1.82, 2.24) is 9.80 Å². The third-order valence-electron chi connectivity index (χ3n) is 6.13. The van der Waals surface area contributed by atoms with Crippen LogP contribution < -0.4 is 0 Å². The molecule has 0 radical (unpaired) electrons. The summed E-state index contributed by atoms with van der Waals surface area (Å²) in [6.45, 7) is 4.24. The van der Waals surface area contributed by atoms with Crippen molar-refractivity contribution in [3.8, 4) is 0 Å². The van der Waals surface area contributed by atoms with E-state index in [0.717, 1.165) is 9.80 Å². The van der Waals surface area contributed by atoms with E-state index >= 15 is 0 Å². The molecule has 0 unspecified atom stereocenters. The van der Waals surface area contributed by atoms with E-state index in [9.17, 15) is 24.0 Å². The van der Waals surface area contributed by atoms with Gasteiger partial charge in [0.1, 0.15) is 0 Å². The Labute approximate surface area is 196 Å². The van der Waals surface area contributed by atoms with Crippen LogP contribution in [0.4, 0.5) is 0 Å². The number of nitrogens with zero attached hydrogens (tertiary/aromatic N) is 2. The second kappa shape index (κ2) is 8.51. The number of imide groups is 2. The first-order valence-corrected chi connectivity index (χ1v) is 10.6. The molecule has 34 heavy (non-hydrogen) atoms. The molecular formula is C27H22N2O5. The van der Waals surface area contributed by atoms with Gasteiger partial charge in [0.25, 0.3) is 23.6 Å². The molecular weight excluding hydrogens is 432 g/mol. The highest BCUT2D eigenvalue weighted by molar-refractivity contribution is 6.24. The number of rotatable bonds is 2. The fraction of sp³-hybridized carbons (Fsp3) is 0.148. The summed E-state index contributed by atoms with van der Waals surface area (Å²) in [4.78, 5) is 62.8. The molecule has 0 aliphatic carbocycles. The normalized spacial score (nSPS) is 14.1. The highest BCUT2D eigenvalue weighted by atomic mass is 16.2. The Morgan fingerprint density at radius 1 is 0.559 bits per heavy atom. The van der Waals surface area contributed by atoms with Crippen molar-refractivity contribution in [2.24, 2.45) is 0 Å². The van der Waals surface area contributed by atoms with Crippen LogP contribution in [0.1, 0.15) is 68.5 Å². The molecule has 0 bridgehead atoms. The minimum absolute atomic E-state index is 0.176. The molecule has 0 atom stereocenters. The van der Waals surface area contributed by atoms with E-state index in [4.69, 9.17) is 0 Å². The predicted molar refractivity (Wildman–Crippen MR) is 125 cm³/mol. The van der Waals surface area contributed by atoms with Crippen molar-refractivity contribution >= 4 is 29.4 Å². The van der Waals surface area contributed by atoms with Crippen LogP contribution in [0.15, 0.2) is 60.7 Å². The second-order valence-electron chi connectivity index (χ2n) is 8.27.